The van der Waals surface area contributed by atoms with Crippen molar-refractivity contribution >= 4 is 5.91 Å². The van der Waals surface area contributed by atoms with Crippen LogP contribution in [0, 0.1) is 0 Å². The molecule has 0 aromatic carbocycles. The molecule has 1 rings (SSSR count). The first-order valence-electron chi connectivity index (χ1n) is 6.28. The molecule has 94 valence electrons. The Bertz CT molecular complexity index is 212. The monoisotopic (exact) mass is 227 g/mol. The summed E-state index contributed by atoms with van der Waals surface area (Å²) in [5.41, 5.74) is 0. The molecule has 1 aliphatic heterocycles. The highest BCUT2D eigenvalue weighted by Gasteiger charge is 2.14. The van der Waals surface area contributed by atoms with Gasteiger partial charge >= 0.3 is 0 Å². The average molecular weight is 227 g/mol. The Morgan fingerprint density at radius 1 is 1.31 bits per heavy atom. The van der Waals surface area contributed by atoms with Crippen molar-refractivity contribution in [1.82, 2.24) is 15.1 Å². The summed E-state index contributed by atoms with van der Waals surface area (Å²) in [6, 6.07) is -0.0696. The molecule has 1 saturated heterocycles. The maximum Gasteiger partial charge on any atom is 0.238 e. The molecular formula is C12H25N3O. The molecule has 1 heterocycles. The molecule has 4 heteroatoms. The maximum atomic E-state index is 11.6. The molecule has 1 unspecified atom stereocenters. The minimum absolute atomic E-state index is 0.0696. The van der Waals surface area contributed by atoms with E-state index in [1.165, 1.54) is 32.4 Å². The van der Waals surface area contributed by atoms with Crippen LogP contribution in [-0.4, -0.2) is 62.0 Å². The van der Waals surface area contributed by atoms with Gasteiger partial charge in [-0.3, -0.25) is 4.79 Å². The number of nitrogens with one attached hydrogen (secondary N) is 1. The number of rotatable bonds is 5. The molecule has 0 aromatic heterocycles. The van der Waals surface area contributed by atoms with Crippen molar-refractivity contribution in [3.8, 4) is 0 Å². The molecule has 1 fully saturated rings. The number of carbonyl (C=O) groups excluding carboxylic acids is 1. The molecule has 0 aliphatic carbocycles. The van der Waals surface area contributed by atoms with Gasteiger partial charge in [0.15, 0.2) is 0 Å². The number of nitrogens with zero attached hydrogens (tertiary/aromatic N) is 2. The zero-order chi connectivity index (χ0) is 12.0. The molecule has 1 amide bonds. The maximum absolute atomic E-state index is 11.6. The summed E-state index contributed by atoms with van der Waals surface area (Å²) in [4.78, 5) is 15.7. The highest BCUT2D eigenvalue weighted by atomic mass is 16.2. The minimum atomic E-state index is -0.0696. The van der Waals surface area contributed by atoms with Gasteiger partial charge in [0.05, 0.1) is 6.04 Å². The van der Waals surface area contributed by atoms with Gasteiger partial charge in [0.2, 0.25) is 5.91 Å². The fraction of sp³-hybridized carbons (Fsp3) is 0.917. The standard InChI is InChI=1S/C12H25N3O/c1-11(12(16)14(2)3)13-7-10-15-8-5-4-6-9-15/h11,13H,4-10H2,1-3H3. The lowest BCUT2D eigenvalue weighted by atomic mass is 10.1. The lowest BCUT2D eigenvalue weighted by Crippen LogP contribution is -2.44. The Balaban J connectivity index is 2.12. The van der Waals surface area contributed by atoms with E-state index >= 15 is 0 Å². The van der Waals surface area contributed by atoms with Crippen LogP contribution in [0.15, 0.2) is 0 Å². The van der Waals surface area contributed by atoms with Gasteiger partial charge in [-0.2, -0.15) is 0 Å². The topological polar surface area (TPSA) is 35.6 Å². The van der Waals surface area contributed by atoms with E-state index in [2.05, 4.69) is 10.2 Å². The van der Waals surface area contributed by atoms with E-state index in [0.29, 0.717) is 0 Å². The largest absolute Gasteiger partial charge is 0.347 e. The Kier molecular flexibility index (Phi) is 5.77. The Morgan fingerprint density at radius 2 is 1.94 bits per heavy atom. The van der Waals surface area contributed by atoms with Crippen LogP contribution >= 0.6 is 0 Å². The summed E-state index contributed by atoms with van der Waals surface area (Å²) < 4.78 is 0. The zero-order valence-electron chi connectivity index (χ0n) is 10.8. The number of amides is 1. The SMILES string of the molecule is CC(NCCN1CCCCC1)C(=O)N(C)C. The summed E-state index contributed by atoms with van der Waals surface area (Å²) in [5, 5.41) is 3.28. The van der Waals surface area contributed by atoms with Gasteiger partial charge in [0.1, 0.15) is 0 Å². The van der Waals surface area contributed by atoms with Crippen LogP contribution in [0.1, 0.15) is 26.2 Å². The van der Waals surface area contributed by atoms with Crippen LogP contribution in [0.5, 0.6) is 0 Å². The van der Waals surface area contributed by atoms with E-state index in [9.17, 15) is 4.79 Å². The predicted molar refractivity (Wildman–Crippen MR) is 66.4 cm³/mol. The van der Waals surface area contributed by atoms with Crippen molar-refractivity contribution < 1.29 is 4.79 Å². The van der Waals surface area contributed by atoms with E-state index in [-0.39, 0.29) is 11.9 Å². The molecule has 1 atom stereocenters. The molecule has 0 aromatic rings. The Labute approximate surface area is 99.0 Å². The van der Waals surface area contributed by atoms with Gasteiger partial charge in [-0.05, 0) is 32.9 Å². The molecule has 0 radical (unpaired) electrons. The summed E-state index contributed by atoms with van der Waals surface area (Å²) >= 11 is 0. The minimum Gasteiger partial charge on any atom is -0.347 e. The van der Waals surface area contributed by atoms with Crippen LogP contribution < -0.4 is 5.32 Å². The fourth-order valence-electron chi connectivity index (χ4n) is 2.10. The van der Waals surface area contributed by atoms with Crippen molar-refractivity contribution in [2.75, 3.05) is 40.3 Å². The van der Waals surface area contributed by atoms with Gasteiger partial charge in [-0.25, -0.2) is 0 Å². The van der Waals surface area contributed by atoms with Gasteiger partial charge in [0.25, 0.3) is 0 Å². The van der Waals surface area contributed by atoms with Crippen molar-refractivity contribution in [1.29, 1.82) is 0 Å². The first kappa shape index (κ1) is 13.5. The molecule has 16 heavy (non-hydrogen) atoms. The number of likely N-dealkylation sites (N-methyl/N-ethyl adjacent to an activating group) is 1. The molecule has 4 nitrogen and oxygen atoms in total. The van der Waals surface area contributed by atoms with E-state index in [1.807, 2.05) is 6.92 Å². The van der Waals surface area contributed by atoms with Gasteiger partial charge in [-0.1, -0.05) is 6.42 Å². The summed E-state index contributed by atoms with van der Waals surface area (Å²) in [7, 11) is 3.59. The lowest BCUT2D eigenvalue weighted by Gasteiger charge is -2.27. The summed E-state index contributed by atoms with van der Waals surface area (Å²) in [6.45, 7) is 6.33. The fourth-order valence-corrected chi connectivity index (χ4v) is 2.10. The lowest BCUT2D eigenvalue weighted by molar-refractivity contribution is -0.130. The second kappa shape index (κ2) is 6.86. The Hall–Kier alpha value is -0.610. The molecule has 1 N–H and O–H groups in total. The zero-order valence-corrected chi connectivity index (χ0v) is 10.8. The number of carbonyl (C=O) groups is 1. The Morgan fingerprint density at radius 3 is 2.50 bits per heavy atom. The van der Waals surface area contributed by atoms with Crippen molar-refractivity contribution in [3.63, 3.8) is 0 Å². The third-order valence-corrected chi connectivity index (χ3v) is 3.14. The quantitative estimate of drug-likeness (QED) is 0.744. The number of hydrogen-bond acceptors (Lipinski definition) is 3. The van der Waals surface area contributed by atoms with Crippen LogP contribution in [0.2, 0.25) is 0 Å². The number of piperidine rings is 1. The van der Waals surface area contributed by atoms with Crippen LogP contribution in [0.3, 0.4) is 0 Å². The van der Waals surface area contributed by atoms with Crippen molar-refractivity contribution in [2.24, 2.45) is 0 Å². The van der Waals surface area contributed by atoms with Crippen LogP contribution in [-0.2, 0) is 4.79 Å². The molecule has 0 saturated carbocycles. The van der Waals surface area contributed by atoms with Gasteiger partial charge in [0, 0.05) is 27.2 Å². The van der Waals surface area contributed by atoms with E-state index in [4.69, 9.17) is 0 Å². The number of hydrogen-bond donors (Lipinski definition) is 1. The third-order valence-electron chi connectivity index (χ3n) is 3.14. The highest BCUT2D eigenvalue weighted by Crippen LogP contribution is 2.07. The molecule has 0 spiro atoms. The molecular weight excluding hydrogens is 202 g/mol. The van der Waals surface area contributed by atoms with E-state index in [1.54, 1.807) is 19.0 Å². The second-order valence-corrected chi connectivity index (χ2v) is 4.81. The first-order chi connectivity index (χ1) is 7.61. The van der Waals surface area contributed by atoms with Crippen molar-refractivity contribution in [3.05, 3.63) is 0 Å². The number of likely N-dealkylation sites (tertiary alicyclic amines) is 1. The second-order valence-electron chi connectivity index (χ2n) is 4.81. The van der Waals surface area contributed by atoms with Crippen molar-refractivity contribution in [2.45, 2.75) is 32.2 Å². The van der Waals surface area contributed by atoms with Crippen LogP contribution in [0.25, 0.3) is 0 Å². The van der Waals surface area contributed by atoms with Gasteiger partial charge in [-0.15, -0.1) is 0 Å². The third kappa shape index (κ3) is 4.49. The van der Waals surface area contributed by atoms with E-state index in [0.717, 1.165) is 13.1 Å². The molecule has 0 bridgehead atoms. The molecule has 1 aliphatic rings. The highest BCUT2D eigenvalue weighted by molar-refractivity contribution is 5.80. The first-order valence-corrected chi connectivity index (χ1v) is 6.28. The summed E-state index contributed by atoms with van der Waals surface area (Å²) in [5.74, 6) is 0.152. The van der Waals surface area contributed by atoms with E-state index < -0.39 is 0 Å². The normalized spacial score (nSPS) is 19.4. The van der Waals surface area contributed by atoms with Gasteiger partial charge < -0.3 is 15.1 Å². The summed E-state index contributed by atoms with van der Waals surface area (Å²) in [6.07, 6.45) is 4.03. The van der Waals surface area contributed by atoms with Crippen LogP contribution in [0.4, 0.5) is 0 Å². The average Bonchev–Trinajstić information content (AvgIpc) is 2.29. The smallest absolute Gasteiger partial charge is 0.238 e. The predicted octanol–water partition coefficient (Wildman–Crippen LogP) is 0.539.